The molecule has 350 valence electrons. The molecule has 2 atom stereocenters. The first kappa shape index (κ1) is 54.6. The van der Waals surface area contributed by atoms with Gasteiger partial charge in [-0.25, -0.2) is 19.2 Å². The highest BCUT2D eigenvalue weighted by Crippen LogP contribution is 2.62. The third-order valence-electron chi connectivity index (χ3n) is 10.2. The van der Waals surface area contributed by atoms with Gasteiger partial charge in [0, 0.05) is 33.1 Å². The summed E-state index contributed by atoms with van der Waals surface area (Å²) in [7, 11) is 5.25. The molecule has 5 rings (SSSR count). The van der Waals surface area contributed by atoms with Gasteiger partial charge >= 0.3 is 47.8 Å². The SMILES string of the molecule is COC(=O)COC12CC3CC(CC(COC(C)=O)(C3)C1)C2.COC(=O)COC1CCC(COC(C)=O)CC1.COC(=O)COCCOC(C)=O.COC(=O)COCOC(C)=O. The van der Waals surface area contributed by atoms with E-state index in [0.29, 0.717) is 31.0 Å². The van der Waals surface area contributed by atoms with Gasteiger partial charge in [-0.15, -0.1) is 0 Å². The summed E-state index contributed by atoms with van der Waals surface area (Å²) in [6, 6.07) is 0. The Balaban J connectivity index is 0.000000423. The van der Waals surface area contributed by atoms with Crippen LogP contribution in [-0.2, 0) is 95.2 Å². The van der Waals surface area contributed by atoms with Crippen molar-refractivity contribution in [3.63, 3.8) is 0 Å². The van der Waals surface area contributed by atoms with Crippen molar-refractivity contribution in [2.24, 2.45) is 23.2 Å². The molecule has 4 bridgehead atoms. The van der Waals surface area contributed by atoms with Crippen LogP contribution in [0.3, 0.4) is 0 Å². The van der Waals surface area contributed by atoms with Crippen molar-refractivity contribution in [3.05, 3.63) is 0 Å². The van der Waals surface area contributed by atoms with E-state index in [1.54, 1.807) is 0 Å². The monoisotopic (exact) mass is 878 g/mol. The van der Waals surface area contributed by atoms with Crippen LogP contribution in [0.4, 0.5) is 0 Å². The molecule has 61 heavy (non-hydrogen) atoms. The second-order valence-electron chi connectivity index (χ2n) is 15.3. The first-order chi connectivity index (χ1) is 28.9. The summed E-state index contributed by atoms with van der Waals surface area (Å²) in [5, 5.41) is 0. The Bertz CT molecular complexity index is 1380. The first-order valence-electron chi connectivity index (χ1n) is 20.1. The van der Waals surface area contributed by atoms with Crippen molar-refractivity contribution >= 4 is 47.8 Å². The van der Waals surface area contributed by atoms with Gasteiger partial charge in [-0.1, -0.05) is 0 Å². The molecule has 2 unspecified atom stereocenters. The van der Waals surface area contributed by atoms with Gasteiger partial charge in [0.05, 0.1) is 60.0 Å². The molecule has 0 heterocycles. The third kappa shape index (κ3) is 24.6. The zero-order chi connectivity index (χ0) is 45.8. The van der Waals surface area contributed by atoms with Gasteiger partial charge in [-0.2, -0.15) is 0 Å². The third-order valence-corrected chi connectivity index (χ3v) is 10.2. The summed E-state index contributed by atoms with van der Waals surface area (Å²) >= 11 is 0. The van der Waals surface area contributed by atoms with E-state index in [-0.39, 0.29) is 93.4 Å². The number of carbonyl (C=O) groups is 8. The van der Waals surface area contributed by atoms with Crippen molar-refractivity contribution in [3.8, 4) is 0 Å². The molecule has 20 heteroatoms. The fourth-order valence-electron chi connectivity index (χ4n) is 7.94. The van der Waals surface area contributed by atoms with Gasteiger partial charge in [0.15, 0.2) is 6.79 Å². The molecule has 0 aromatic carbocycles. The molecular weight excluding hydrogens is 812 g/mol. The Kier molecular flexibility index (Phi) is 26.7. The summed E-state index contributed by atoms with van der Waals surface area (Å²) in [5.41, 5.74) is -0.149. The number of ether oxygens (including phenoxy) is 12. The minimum Gasteiger partial charge on any atom is -0.467 e. The van der Waals surface area contributed by atoms with Crippen LogP contribution >= 0.6 is 0 Å². The van der Waals surface area contributed by atoms with Crippen LogP contribution < -0.4 is 0 Å². The van der Waals surface area contributed by atoms with Crippen LogP contribution in [0.2, 0.25) is 0 Å². The zero-order valence-electron chi connectivity index (χ0n) is 36.9. The largest absolute Gasteiger partial charge is 0.467 e. The number of methoxy groups -OCH3 is 4. The first-order valence-corrected chi connectivity index (χ1v) is 20.1. The molecular formula is C41H66O20. The van der Waals surface area contributed by atoms with E-state index < -0.39 is 17.9 Å². The number of hydrogen-bond acceptors (Lipinski definition) is 20. The second kappa shape index (κ2) is 29.8. The molecule has 0 aromatic rings. The number of rotatable bonds is 19. The number of carbonyl (C=O) groups excluding carboxylic acids is 8. The normalized spacial score (nSPS) is 23.9. The van der Waals surface area contributed by atoms with E-state index >= 15 is 0 Å². The lowest BCUT2D eigenvalue weighted by molar-refractivity contribution is -0.210. The predicted molar refractivity (Wildman–Crippen MR) is 209 cm³/mol. The van der Waals surface area contributed by atoms with E-state index in [1.807, 2.05) is 0 Å². The molecule has 20 nitrogen and oxygen atoms in total. The predicted octanol–water partition coefficient (Wildman–Crippen LogP) is 2.81. The van der Waals surface area contributed by atoms with E-state index in [9.17, 15) is 38.4 Å². The lowest BCUT2D eigenvalue weighted by Gasteiger charge is -2.61. The van der Waals surface area contributed by atoms with Crippen molar-refractivity contribution in [1.29, 1.82) is 0 Å². The number of hydrogen-bond donors (Lipinski definition) is 0. The maximum atomic E-state index is 11.4. The highest BCUT2D eigenvalue weighted by Gasteiger charge is 2.59. The minimum absolute atomic E-state index is 0.0236. The summed E-state index contributed by atoms with van der Waals surface area (Å²) in [6.45, 7) is 6.32. The highest BCUT2D eigenvalue weighted by atomic mass is 16.7. The van der Waals surface area contributed by atoms with Gasteiger partial charge in [-0.3, -0.25) is 19.2 Å². The van der Waals surface area contributed by atoms with Crippen LogP contribution in [0.25, 0.3) is 0 Å². The molecule has 0 radical (unpaired) electrons. The zero-order valence-corrected chi connectivity index (χ0v) is 36.9. The van der Waals surface area contributed by atoms with Gasteiger partial charge in [0.25, 0.3) is 0 Å². The molecule has 5 saturated carbocycles. The summed E-state index contributed by atoms with van der Waals surface area (Å²) < 4.78 is 57.8. The van der Waals surface area contributed by atoms with Crippen LogP contribution in [0.15, 0.2) is 0 Å². The van der Waals surface area contributed by atoms with Crippen LogP contribution in [0.5, 0.6) is 0 Å². The average molecular weight is 879 g/mol. The quantitative estimate of drug-likeness (QED) is 0.0783. The molecule has 5 aliphatic rings. The van der Waals surface area contributed by atoms with Crippen molar-refractivity contribution in [2.75, 3.05) is 88.1 Å². The highest BCUT2D eigenvalue weighted by molar-refractivity contribution is 5.71. The average Bonchev–Trinajstić information content (AvgIpc) is 3.22. The van der Waals surface area contributed by atoms with Gasteiger partial charge in [0.1, 0.15) is 33.0 Å². The minimum atomic E-state index is -0.503. The Hall–Kier alpha value is -4.40. The smallest absolute Gasteiger partial charge is 0.331 e. The van der Waals surface area contributed by atoms with Crippen molar-refractivity contribution in [1.82, 2.24) is 0 Å². The summed E-state index contributed by atoms with van der Waals surface area (Å²) in [6.07, 6.45) is 10.3. The number of esters is 8. The van der Waals surface area contributed by atoms with E-state index in [4.69, 9.17) is 23.7 Å². The van der Waals surface area contributed by atoms with E-state index in [2.05, 4.69) is 33.2 Å². The standard InChI is InChI=1S/C16H24O5.C12H20O5.C7H12O5.C6H10O5/c1-11(17)20-10-15-4-12-3-13(5-15)7-16(6-12,9-15)21-8-14(18)19-2;1-9(13)16-7-10-3-5-11(6-4-10)17-8-12(14)15-2;1-6(8)12-4-3-11-5-7(9)10-2;1-5(7)11-4-10-3-6(8)9-2/h12-13H,3-10H2,1-2H3;10-11H,3-8H2,1-2H3;3-5H2,1-2H3;3-4H2,1-2H3. The Morgan fingerprint density at radius 2 is 1.02 bits per heavy atom. The lowest BCUT2D eigenvalue weighted by Crippen LogP contribution is -2.58. The fraction of sp³-hybridized carbons (Fsp3) is 0.805. The summed E-state index contributed by atoms with van der Waals surface area (Å²) in [4.78, 5) is 85.3. The molecule has 0 saturated heterocycles. The molecule has 0 aliphatic heterocycles. The molecule has 0 N–H and O–H groups in total. The van der Waals surface area contributed by atoms with Crippen LogP contribution in [0.1, 0.15) is 91.9 Å². The van der Waals surface area contributed by atoms with Crippen molar-refractivity contribution < 1.29 is 95.2 Å². The van der Waals surface area contributed by atoms with Gasteiger partial charge in [0.2, 0.25) is 0 Å². The van der Waals surface area contributed by atoms with Crippen LogP contribution in [-0.4, -0.2) is 148 Å². The fourth-order valence-corrected chi connectivity index (χ4v) is 7.94. The molecule has 0 spiro atoms. The molecule has 0 aromatic heterocycles. The Morgan fingerprint density at radius 3 is 1.52 bits per heavy atom. The van der Waals surface area contributed by atoms with E-state index in [1.165, 1.54) is 62.6 Å². The Morgan fingerprint density at radius 1 is 0.525 bits per heavy atom. The summed E-state index contributed by atoms with van der Waals surface area (Å²) in [5.74, 6) is -1.16. The lowest BCUT2D eigenvalue weighted by atomic mass is 9.48. The molecule has 5 aliphatic carbocycles. The maximum absolute atomic E-state index is 11.4. The second-order valence-corrected chi connectivity index (χ2v) is 15.3. The van der Waals surface area contributed by atoms with Crippen LogP contribution in [0, 0.1) is 23.2 Å². The van der Waals surface area contributed by atoms with E-state index in [0.717, 1.165) is 57.8 Å². The van der Waals surface area contributed by atoms with Gasteiger partial charge < -0.3 is 56.8 Å². The topological polar surface area (TPSA) is 247 Å². The van der Waals surface area contributed by atoms with Crippen molar-refractivity contribution in [2.45, 2.75) is 104 Å². The Labute approximate surface area is 357 Å². The van der Waals surface area contributed by atoms with Gasteiger partial charge in [-0.05, 0) is 82.0 Å². The molecule has 0 amide bonds. The maximum Gasteiger partial charge on any atom is 0.331 e. The molecule has 5 fully saturated rings.